The molecule has 24 heavy (non-hydrogen) atoms. The van der Waals surface area contributed by atoms with Crippen LogP contribution in [-0.4, -0.2) is 27.5 Å². The number of carbonyl (C=O) groups excluding carboxylic acids is 2. The van der Waals surface area contributed by atoms with Crippen LogP contribution in [0.4, 0.5) is 0 Å². The lowest BCUT2D eigenvalue weighted by atomic mass is 10.0. The summed E-state index contributed by atoms with van der Waals surface area (Å²) in [5.74, 6) is 0.868. The van der Waals surface area contributed by atoms with Crippen molar-refractivity contribution in [1.82, 2.24) is 0 Å². The maximum atomic E-state index is 11.8. The highest BCUT2D eigenvalue weighted by Crippen LogP contribution is 2.40. The molecule has 4 nitrogen and oxygen atoms in total. The van der Waals surface area contributed by atoms with Crippen molar-refractivity contribution in [3.63, 3.8) is 0 Å². The molecule has 0 heterocycles. The molecule has 0 aromatic heterocycles. The van der Waals surface area contributed by atoms with E-state index in [2.05, 4.69) is 33.9 Å². The summed E-state index contributed by atoms with van der Waals surface area (Å²) in [6.45, 7) is 12.6. The zero-order chi connectivity index (χ0) is 18.5. The number of hydrogen-bond donors (Lipinski definition) is 0. The Labute approximate surface area is 146 Å². The van der Waals surface area contributed by atoms with Crippen LogP contribution in [0, 0.1) is 5.92 Å². The predicted octanol–water partition coefficient (Wildman–Crippen LogP) is 4.42. The van der Waals surface area contributed by atoms with Crippen molar-refractivity contribution in [3.05, 3.63) is 23.8 Å². The molecular weight excluding hydrogens is 320 g/mol. The smallest absolute Gasteiger partial charge is 0.250 e. The second-order valence-corrected chi connectivity index (χ2v) is 12.5. The molecule has 1 atom stereocenters. The zero-order valence-electron chi connectivity index (χ0n) is 15.9. The van der Waals surface area contributed by atoms with Gasteiger partial charge >= 0.3 is 0 Å². The molecule has 0 aliphatic carbocycles. The minimum atomic E-state index is -1.94. The molecule has 5 heteroatoms. The first kappa shape index (κ1) is 20.4. The average Bonchev–Trinajstić information content (AvgIpc) is 2.51. The van der Waals surface area contributed by atoms with Gasteiger partial charge in [0, 0.05) is 6.42 Å². The maximum Gasteiger partial charge on any atom is 0.250 e. The van der Waals surface area contributed by atoms with Crippen molar-refractivity contribution in [2.45, 2.75) is 58.7 Å². The molecule has 1 rings (SSSR count). The largest absolute Gasteiger partial charge is 0.541 e. The van der Waals surface area contributed by atoms with E-state index < -0.39 is 14.2 Å². The quantitative estimate of drug-likeness (QED) is 0.396. The summed E-state index contributed by atoms with van der Waals surface area (Å²) >= 11 is 0. The van der Waals surface area contributed by atoms with Gasteiger partial charge in [0.2, 0.25) is 0 Å². The fourth-order valence-corrected chi connectivity index (χ4v) is 2.98. The second kappa shape index (κ2) is 7.97. The fraction of sp³-hybridized carbons (Fsp3) is 0.579. The Morgan fingerprint density at radius 2 is 1.88 bits per heavy atom. The molecule has 1 unspecified atom stereocenters. The maximum absolute atomic E-state index is 11.8. The third-order valence-corrected chi connectivity index (χ3v) is 9.11. The van der Waals surface area contributed by atoms with E-state index in [1.54, 1.807) is 14.0 Å². The van der Waals surface area contributed by atoms with Gasteiger partial charge in [0.05, 0.1) is 13.0 Å². The number of aldehydes is 1. The van der Waals surface area contributed by atoms with Crippen LogP contribution in [-0.2, 0) is 16.0 Å². The highest BCUT2D eigenvalue weighted by Gasteiger charge is 2.39. The van der Waals surface area contributed by atoms with Gasteiger partial charge in [0.25, 0.3) is 8.32 Å². The van der Waals surface area contributed by atoms with Crippen LogP contribution < -0.4 is 9.16 Å². The van der Waals surface area contributed by atoms with Crippen LogP contribution in [0.25, 0.3) is 0 Å². The lowest BCUT2D eigenvalue weighted by molar-refractivity contribution is -0.126. The Bertz CT molecular complexity index is 588. The van der Waals surface area contributed by atoms with Crippen molar-refractivity contribution in [2.75, 3.05) is 7.11 Å². The first-order valence-corrected chi connectivity index (χ1v) is 11.3. The number of Topliss-reactive ketones (excluding diaryl/α,β-unsaturated/α-hetero) is 1. The van der Waals surface area contributed by atoms with Crippen LogP contribution in [0.3, 0.4) is 0 Å². The van der Waals surface area contributed by atoms with Crippen LogP contribution >= 0.6 is 0 Å². The number of ether oxygens (including phenoxy) is 1. The van der Waals surface area contributed by atoms with Gasteiger partial charge in [-0.3, -0.25) is 4.79 Å². The molecule has 1 aromatic rings. The third kappa shape index (κ3) is 5.19. The topological polar surface area (TPSA) is 52.6 Å². The summed E-state index contributed by atoms with van der Waals surface area (Å²) in [6.07, 6.45) is 1.64. The van der Waals surface area contributed by atoms with Gasteiger partial charge in [-0.1, -0.05) is 26.8 Å². The Balaban J connectivity index is 2.89. The summed E-state index contributed by atoms with van der Waals surface area (Å²) < 4.78 is 11.8. The first-order chi connectivity index (χ1) is 11.0. The molecule has 0 saturated carbocycles. The summed E-state index contributed by atoms with van der Waals surface area (Å²) in [6, 6.07) is 5.80. The monoisotopic (exact) mass is 350 g/mol. The van der Waals surface area contributed by atoms with E-state index in [0.29, 0.717) is 24.9 Å². The summed E-state index contributed by atoms with van der Waals surface area (Å²) in [7, 11) is -0.318. The fourth-order valence-electron chi connectivity index (χ4n) is 1.95. The first-order valence-electron chi connectivity index (χ1n) is 8.35. The molecule has 0 bridgehead atoms. The zero-order valence-corrected chi connectivity index (χ0v) is 16.9. The number of methoxy groups -OCH3 is 1. The van der Waals surface area contributed by atoms with E-state index >= 15 is 0 Å². The minimum Gasteiger partial charge on any atom is -0.541 e. The minimum absolute atomic E-state index is 0.0365. The molecule has 134 valence electrons. The van der Waals surface area contributed by atoms with Gasteiger partial charge in [0.15, 0.2) is 5.75 Å². The summed E-state index contributed by atoms with van der Waals surface area (Å²) in [5, 5.41) is 0.105. The molecule has 0 fully saturated rings. The average molecular weight is 351 g/mol. The SMILES string of the molecule is COc1cc(CCC(=O)C(C)C=O)ccc1O[Si](C)(C)C(C)(C)C. The lowest BCUT2D eigenvalue weighted by Crippen LogP contribution is -2.43. The number of hydrogen-bond acceptors (Lipinski definition) is 4. The van der Waals surface area contributed by atoms with Crippen molar-refractivity contribution in [2.24, 2.45) is 5.92 Å². The number of rotatable bonds is 8. The summed E-state index contributed by atoms with van der Waals surface area (Å²) in [5.41, 5.74) is 1.00. The Hall–Kier alpha value is -1.62. The Morgan fingerprint density at radius 1 is 1.25 bits per heavy atom. The molecule has 0 radical (unpaired) electrons. The van der Waals surface area contributed by atoms with Gasteiger partial charge in [0.1, 0.15) is 17.8 Å². The molecule has 0 saturated heterocycles. The van der Waals surface area contributed by atoms with E-state index in [0.717, 1.165) is 11.3 Å². The number of aryl methyl sites for hydroxylation is 1. The number of carbonyl (C=O) groups is 2. The van der Waals surface area contributed by atoms with Crippen LogP contribution in [0.2, 0.25) is 18.1 Å². The van der Waals surface area contributed by atoms with Crippen LogP contribution in [0.1, 0.15) is 39.7 Å². The van der Waals surface area contributed by atoms with Gasteiger partial charge in [-0.2, -0.15) is 0 Å². The van der Waals surface area contributed by atoms with Crippen molar-refractivity contribution < 1.29 is 18.8 Å². The van der Waals surface area contributed by atoms with E-state index in [9.17, 15) is 9.59 Å². The molecule has 1 aromatic carbocycles. The number of ketones is 1. The predicted molar refractivity (Wildman–Crippen MR) is 99.4 cm³/mol. The van der Waals surface area contributed by atoms with Gasteiger partial charge in [-0.05, 0) is 49.2 Å². The van der Waals surface area contributed by atoms with E-state index in [4.69, 9.17) is 9.16 Å². The summed E-state index contributed by atoms with van der Waals surface area (Å²) in [4.78, 5) is 22.4. The van der Waals surface area contributed by atoms with E-state index in [-0.39, 0.29) is 10.8 Å². The molecule has 0 aliphatic heterocycles. The Kier molecular flexibility index (Phi) is 6.78. The van der Waals surface area contributed by atoms with Crippen LogP contribution in [0.15, 0.2) is 18.2 Å². The standard InChI is InChI=1S/C19H30O4Si/c1-14(13-20)16(21)10-8-15-9-11-17(18(12-15)22-5)23-24(6,7)19(2,3)4/h9,11-14H,8,10H2,1-7H3. The third-order valence-electron chi connectivity index (χ3n) is 4.77. The van der Waals surface area contributed by atoms with Gasteiger partial charge in [-0.15, -0.1) is 0 Å². The van der Waals surface area contributed by atoms with Crippen molar-refractivity contribution in [3.8, 4) is 11.5 Å². The highest BCUT2D eigenvalue weighted by molar-refractivity contribution is 6.74. The highest BCUT2D eigenvalue weighted by atomic mass is 28.4. The molecule has 0 spiro atoms. The van der Waals surface area contributed by atoms with Crippen LogP contribution in [0.5, 0.6) is 11.5 Å². The molecule has 0 N–H and O–H groups in total. The van der Waals surface area contributed by atoms with Crippen molar-refractivity contribution in [1.29, 1.82) is 0 Å². The molecule has 0 amide bonds. The van der Waals surface area contributed by atoms with E-state index in [1.807, 2.05) is 18.2 Å². The normalized spacial score (nSPS) is 13.3. The van der Waals surface area contributed by atoms with E-state index in [1.165, 1.54) is 0 Å². The lowest BCUT2D eigenvalue weighted by Gasteiger charge is -2.36. The molecule has 0 aliphatic rings. The van der Waals surface area contributed by atoms with Gasteiger partial charge in [-0.25, -0.2) is 0 Å². The Morgan fingerprint density at radius 3 is 2.38 bits per heavy atom. The second-order valence-electron chi connectivity index (χ2n) is 7.74. The number of benzene rings is 1. The van der Waals surface area contributed by atoms with Crippen molar-refractivity contribution >= 4 is 20.4 Å². The molecular formula is C19H30O4Si. The van der Waals surface area contributed by atoms with Gasteiger partial charge < -0.3 is 14.0 Å².